The summed E-state index contributed by atoms with van der Waals surface area (Å²) in [6, 6.07) is 6.00. The summed E-state index contributed by atoms with van der Waals surface area (Å²) in [7, 11) is 0. The van der Waals surface area contributed by atoms with Crippen molar-refractivity contribution in [3.05, 3.63) is 50.6 Å². The number of nitro groups is 1. The minimum absolute atomic E-state index is 0.00394. The number of carboxylic acids is 1. The molecule has 0 atom stereocenters. The third-order valence-corrected chi connectivity index (χ3v) is 3.63. The second kappa shape index (κ2) is 9.48. The van der Waals surface area contributed by atoms with Gasteiger partial charge in [-0.2, -0.15) is 5.10 Å². The van der Waals surface area contributed by atoms with E-state index in [0.29, 0.717) is 22.4 Å². The first kappa shape index (κ1) is 20.1. The predicted octanol–water partition coefficient (Wildman–Crippen LogP) is 3.06. The van der Waals surface area contributed by atoms with Crippen molar-refractivity contribution in [3.63, 3.8) is 0 Å². The number of hydrazone groups is 1. The zero-order valence-electron chi connectivity index (χ0n) is 14.1. The van der Waals surface area contributed by atoms with Crippen LogP contribution in [-0.4, -0.2) is 40.4 Å². The molecule has 142 valence electrons. The molecule has 0 aliphatic rings. The smallest absolute Gasteiger partial charge is 0.341 e. The third-order valence-electron chi connectivity index (χ3n) is 3.04. The molecule has 1 aromatic carbocycles. The topological polar surface area (TPSA) is 136 Å². The minimum Gasteiger partial charge on any atom is -0.490 e. The summed E-state index contributed by atoms with van der Waals surface area (Å²) in [6.45, 7) is 1.60. The van der Waals surface area contributed by atoms with Crippen LogP contribution in [0, 0.1) is 10.1 Å². The number of carbonyl (C=O) groups is 1. The lowest BCUT2D eigenvalue weighted by Crippen LogP contribution is -2.11. The molecule has 11 heteroatoms. The molecule has 0 fully saturated rings. The van der Waals surface area contributed by atoms with Crippen LogP contribution in [-0.2, 0) is 4.79 Å². The Bertz CT molecular complexity index is 874. The molecule has 0 saturated heterocycles. The van der Waals surface area contributed by atoms with Crippen LogP contribution in [0.25, 0.3) is 0 Å². The lowest BCUT2D eigenvalue weighted by atomic mass is 10.2. The molecule has 0 radical (unpaired) electrons. The molecule has 2 aromatic rings. The van der Waals surface area contributed by atoms with Gasteiger partial charge in [0.25, 0.3) is 0 Å². The van der Waals surface area contributed by atoms with E-state index in [-0.39, 0.29) is 17.3 Å². The molecular weight excluding hydrogens is 424 g/mol. The highest BCUT2D eigenvalue weighted by Gasteiger charge is 2.14. The van der Waals surface area contributed by atoms with Gasteiger partial charge in [-0.15, -0.1) is 0 Å². The number of nitrogens with zero attached hydrogens (tertiary/aromatic N) is 3. The SMILES string of the molecule is CCOc1cc(/C=N\Nc2ncccc2[N+](=O)[O-])cc(Br)c1OCC(=O)O. The van der Waals surface area contributed by atoms with E-state index in [2.05, 4.69) is 31.4 Å². The zero-order valence-corrected chi connectivity index (χ0v) is 15.7. The fraction of sp³-hybridized carbons (Fsp3) is 0.188. The van der Waals surface area contributed by atoms with E-state index in [4.69, 9.17) is 14.6 Å². The molecule has 10 nitrogen and oxygen atoms in total. The van der Waals surface area contributed by atoms with Gasteiger partial charge in [0.1, 0.15) is 0 Å². The van der Waals surface area contributed by atoms with Crippen molar-refractivity contribution in [1.29, 1.82) is 0 Å². The Morgan fingerprint density at radius 1 is 1.48 bits per heavy atom. The van der Waals surface area contributed by atoms with Gasteiger partial charge in [0.05, 0.1) is 22.2 Å². The largest absolute Gasteiger partial charge is 0.490 e. The number of ether oxygens (including phenoxy) is 2. The molecule has 2 rings (SSSR count). The minimum atomic E-state index is -1.11. The summed E-state index contributed by atoms with van der Waals surface area (Å²) in [5.41, 5.74) is 2.90. The molecule has 0 aliphatic carbocycles. The highest BCUT2D eigenvalue weighted by atomic mass is 79.9. The van der Waals surface area contributed by atoms with E-state index in [1.54, 1.807) is 19.1 Å². The molecule has 0 unspecified atom stereocenters. The van der Waals surface area contributed by atoms with Crippen molar-refractivity contribution in [2.45, 2.75) is 6.92 Å². The zero-order chi connectivity index (χ0) is 19.8. The van der Waals surface area contributed by atoms with Gasteiger partial charge in [-0.3, -0.25) is 15.5 Å². The van der Waals surface area contributed by atoms with Crippen LogP contribution in [0.4, 0.5) is 11.5 Å². The maximum Gasteiger partial charge on any atom is 0.341 e. The molecule has 0 amide bonds. The average Bonchev–Trinajstić information content (AvgIpc) is 2.61. The van der Waals surface area contributed by atoms with Gasteiger partial charge in [-0.1, -0.05) is 0 Å². The fourth-order valence-corrected chi connectivity index (χ4v) is 2.57. The van der Waals surface area contributed by atoms with E-state index in [9.17, 15) is 14.9 Å². The Kier molecular flexibility index (Phi) is 7.06. The summed E-state index contributed by atoms with van der Waals surface area (Å²) in [4.78, 5) is 25.0. The summed E-state index contributed by atoms with van der Waals surface area (Å²) in [6.07, 6.45) is 2.82. The average molecular weight is 439 g/mol. The second-order valence-electron chi connectivity index (χ2n) is 4.94. The van der Waals surface area contributed by atoms with Crippen molar-refractivity contribution < 1.29 is 24.3 Å². The predicted molar refractivity (Wildman–Crippen MR) is 101 cm³/mol. The van der Waals surface area contributed by atoms with Gasteiger partial charge in [0.15, 0.2) is 18.1 Å². The maximum absolute atomic E-state index is 11.0. The number of pyridine rings is 1. The number of aromatic nitrogens is 1. The van der Waals surface area contributed by atoms with Crippen LogP contribution in [0.3, 0.4) is 0 Å². The first-order chi connectivity index (χ1) is 12.9. The Morgan fingerprint density at radius 3 is 2.93 bits per heavy atom. The highest BCUT2D eigenvalue weighted by Crippen LogP contribution is 2.36. The van der Waals surface area contributed by atoms with Crippen molar-refractivity contribution in [2.75, 3.05) is 18.6 Å². The Hall–Kier alpha value is -3.21. The Balaban J connectivity index is 2.22. The molecule has 27 heavy (non-hydrogen) atoms. The van der Waals surface area contributed by atoms with Crippen molar-refractivity contribution >= 4 is 39.6 Å². The summed E-state index contributed by atoms with van der Waals surface area (Å²) < 4.78 is 11.2. The summed E-state index contributed by atoms with van der Waals surface area (Å²) in [5, 5.41) is 23.7. The number of rotatable bonds is 9. The number of carboxylic acid groups (broad SMARTS) is 1. The Morgan fingerprint density at radius 2 is 2.26 bits per heavy atom. The number of nitrogens with one attached hydrogen (secondary N) is 1. The van der Waals surface area contributed by atoms with Gasteiger partial charge in [-0.25, -0.2) is 9.78 Å². The molecule has 0 aliphatic heterocycles. The number of hydrogen-bond acceptors (Lipinski definition) is 8. The van der Waals surface area contributed by atoms with Crippen LogP contribution >= 0.6 is 15.9 Å². The van der Waals surface area contributed by atoms with E-state index in [0.717, 1.165) is 0 Å². The van der Waals surface area contributed by atoms with E-state index < -0.39 is 17.5 Å². The van der Waals surface area contributed by atoms with Crippen molar-refractivity contribution in [2.24, 2.45) is 5.10 Å². The van der Waals surface area contributed by atoms with Crippen LogP contribution in [0.1, 0.15) is 12.5 Å². The Labute approximate surface area is 162 Å². The number of anilines is 1. The van der Waals surface area contributed by atoms with Crippen LogP contribution < -0.4 is 14.9 Å². The quantitative estimate of drug-likeness (QED) is 0.346. The van der Waals surface area contributed by atoms with Crippen molar-refractivity contribution in [3.8, 4) is 11.5 Å². The lowest BCUT2D eigenvalue weighted by molar-refractivity contribution is -0.384. The molecule has 1 aromatic heterocycles. The normalized spacial score (nSPS) is 10.6. The molecule has 0 spiro atoms. The van der Waals surface area contributed by atoms with Crippen LogP contribution in [0.15, 0.2) is 40.0 Å². The molecule has 1 heterocycles. The van der Waals surface area contributed by atoms with Gasteiger partial charge in [-0.05, 0) is 46.6 Å². The van der Waals surface area contributed by atoms with Gasteiger partial charge in [0, 0.05) is 12.3 Å². The van der Waals surface area contributed by atoms with Gasteiger partial charge >= 0.3 is 11.7 Å². The standard InChI is InChI=1S/C16H15BrN4O6/c1-2-26-13-7-10(6-11(17)15(13)27-9-14(22)23)8-19-20-16-12(21(24)25)4-3-5-18-16/h3-8H,2,9H2,1H3,(H,18,20)(H,22,23)/b19-8-. The number of benzene rings is 1. The lowest BCUT2D eigenvalue weighted by Gasteiger charge is -2.13. The highest BCUT2D eigenvalue weighted by molar-refractivity contribution is 9.10. The van der Waals surface area contributed by atoms with Crippen LogP contribution in [0.5, 0.6) is 11.5 Å². The first-order valence-electron chi connectivity index (χ1n) is 7.61. The van der Waals surface area contributed by atoms with Gasteiger partial charge < -0.3 is 14.6 Å². The van der Waals surface area contributed by atoms with Crippen LogP contribution in [0.2, 0.25) is 0 Å². The summed E-state index contributed by atoms with van der Waals surface area (Å²) in [5.74, 6) is -0.525. The van der Waals surface area contributed by atoms with E-state index in [1.807, 2.05) is 0 Å². The van der Waals surface area contributed by atoms with E-state index >= 15 is 0 Å². The maximum atomic E-state index is 11.0. The summed E-state index contributed by atoms with van der Waals surface area (Å²) >= 11 is 3.30. The third kappa shape index (κ3) is 5.64. The first-order valence-corrected chi connectivity index (χ1v) is 8.41. The molecule has 0 saturated carbocycles. The molecule has 2 N–H and O–H groups in total. The van der Waals surface area contributed by atoms with E-state index in [1.165, 1.54) is 24.5 Å². The number of halogens is 1. The molecule has 0 bridgehead atoms. The van der Waals surface area contributed by atoms with Crippen molar-refractivity contribution in [1.82, 2.24) is 4.98 Å². The second-order valence-corrected chi connectivity index (χ2v) is 5.80. The fourth-order valence-electron chi connectivity index (χ4n) is 2.00. The molecular formula is C16H15BrN4O6. The number of hydrogen-bond donors (Lipinski definition) is 2. The number of aliphatic carboxylic acids is 1. The van der Waals surface area contributed by atoms with Gasteiger partial charge in [0.2, 0.25) is 5.82 Å². The monoisotopic (exact) mass is 438 g/mol.